The SMILES string of the molecule is C[C@H]1c2ccc(NC(=O)[C@@H](N)Cc3ccccc3)c(O)c2C(O)=C2C(=O)[C@]3(O)C(O)=C(C(N)=O)C(=O)[C@@H](N(C)C)C3[C@@H](O)C21. The molecule has 2 amide bonds. The summed E-state index contributed by atoms with van der Waals surface area (Å²) in [5, 5.41) is 59.7. The van der Waals surface area contributed by atoms with E-state index in [9.17, 15) is 44.7 Å². The van der Waals surface area contributed by atoms with Crippen LogP contribution in [0, 0.1) is 11.8 Å². The maximum Gasteiger partial charge on any atom is 0.255 e. The molecule has 10 N–H and O–H groups in total. The molecule has 5 rings (SSSR count). The summed E-state index contributed by atoms with van der Waals surface area (Å²) >= 11 is 0. The van der Waals surface area contributed by atoms with E-state index in [0.29, 0.717) is 5.56 Å². The number of hydrogen-bond donors (Lipinski definition) is 8. The lowest BCUT2D eigenvalue weighted by Gasteiger charge is -2.53. The molecule has 1 saturated carbocycles. The minimum atomic E-state index is -3.02. The Morgan fingerprint density at radius 2 is 1.70 bits per heavy atom. The number of fused-ring (bicyclic) bond motifs is 3. The van der Waals surface area contributed by atoms with Gasteiger partial charge >= 0.3 is 0 Å². The molecule has 0 heterocycles. The number of rotatable bonds is 6. The van der Waals surface area contributed by atoms with Crippen molar-refractivity contribution in [3.8, 4) is 5.75 Å². The number of aliphatic hydroxyl groups excluding tert-OH is 3. The fourth-order valence-electron chi connectivity index (χ4n) is 6.90. The molecule has 0 aromatic heterocycles. The quantitative estimate of drug-likeness (QED) is 0.161. The van der Waals surface area contributed by atoms with Crippen LogP contribution in [0.5, 0.6) is 5.75 Å². The molecule has 0 bridgehead atoms. The van der Waals surface area contributed by atoms with E-state index < -0.39 is 93.3 Å². The zero-order valence-corrected chi connectivity index (χ0v) is 24.2. The van der Waals surface area contributed by atoms with Gasteiger partial charge in [0.25, 0.3) is 5.91 Å². The van der Waals surface area contributed by atoms with Crippen LogP contribution in [-0.4, -0.2) is 91.7 Å². The Hall–Kier alpha value is -4.56. The molecule has 2 aromatic carbocycles. The number of carbonyl (C=O) groups is 4. The van der Waals surface area contributed by atoms with Crippen molar-refractivity contribution in [3.63, 3.8) is 0 Å². The summed E-state index contributed by atoms with van der Waals surface area (Å²) in [7, 11) is 2.87. The number of nitrogens with two attached hydrogens (primary N) is 2. The zero-order valence-electron chi connectivity index (χ0n) is 24.2. The van der Waals surface area contributed by atoms with Gasteiger partial charge in [0.2, 0.25) is 11.7 Å². The molecule has 3 aliphatic carbocycles. The van der Waals surface area contributed by atoms with Crippen LogP contribution in [-0.2, 0) is 25.6 Å². The molecular formula is C31H34N4O9. The number of nitrogens with zero attached hydrogens (tertiary/aromatic N) is 1. The lowest BCUT2D eigenvalue weighted by Crippen LogP contribution is -2.70. The second-order valence-electron chi connectivity index (χ2n) is 11.8. The van der Waals surface area contributed by atoms with Crippen LogP contribution in [0.25, 0.3) is 5.76 Å². The van der Waals surface area contributed by atoms with E-state index in [1.54, 1.807) is 19.1 Å². The van der Waals surface area contributed by atoms with Crippen LogP contribution >= 0.6 is 0 Å². The molecule has 13 heteroatoms. The molecule has 3 aliphatic rings. The molecule has 0 aliphatic heterocycles. The van der Waals surface area contributed by atoms with E-state index in [4.69, 9.17) is 11.5 Å². The lowest BCUT2D eigenvalue weighted by molar-refractivity contribution is -0.169. The number of aliphatic hydroxyl groups is 4. The van der Waals surface area contributed by atoms with E-state index in [-0.39, 0.29) is 17.7 Å². The van der Waals surface area contributed by atoms with Gasteiger partial charge in [-0.1, -0.05) is 43.3 Å². The van der Waals surface area contributed by atoms with Gasteiger partial charge in [-0.3, -0.25) is 24.1 Å². The number of phenolic OH excluding ortho intramolecular Hbond substituents is 1. The summed E-state index contributed by atoms with van der Waals surface area (Å²) in [6, 6.07) is 9.51. The van der Waals surface area contributed by atoms with Crippen LogP contribution in [0.4, 0.5) is 5.69 Å². The zero-order chi connectivity index (χ0) is 32.4. The highest BCUT2D eigenvalue weighted by molar-refractivity contribution is 6.24. The molecule has 7 atom stereocenters. The number of likely N-dealkylation sites (N-methyl/N-ethyl adjacent to an activating group) is 1. The van der Waals surface area contributed by atoms with Gasteiger partial charge in [0.15, 0.2) is 11.4 Å². The van der Waals surface area contributed by atoms with Gasteiger partial charge in [0.1, 0.15) is 22.8 Å². The topological polar surface area (TPSA) is 237 Å². The van der Waals surface area contributed by atoms with Crippen LogP contribution in [0.15, 0.2) is 59.4 Å². The van der Waals surface area contributed by atoms with Gasteiger partial charge in [-0.15, -0.1) is 0 Å². The summed E-state index contributed by atoms with van der Waals surface area (Å²) in [5.74, 6) is -10.6. The number of anilines is 1. The lowest BCUT2D eigenvalue weighted by atomic mass is 9.54. The number of nitrogens with one attached hydrogen (secondary N) is 1. The Labute approximate surface area is 252 Å². The second kappa shape index (κ2) is 10.9. The Morgan fingerprint density at radius 3 is 2.30 bits per heavy atom. The largest absolute Gasteiger partial charge is 0.508 e. The number of Topliss-reactive ketones (excluding diaryl/α,β-unsaturated/α-hetero) is 2. The molecule has 232 valence electrons. The Kier molecular flexibility index (Phi) is 7.62. The maximum atomic E-state index is 14.1. The molecule has 44 heavy (non-hydrogen) atoms. The number of aromatic hydroxyl groups is 1. The fourth-order valence-corrected chi connectivity index (χ4v) is 6.90. The normalized spacial score (nSPS) is 28.8. The molecule has 0 spiro atoms. The van der Waals surface area contributed by atoms with Crippen LogP contribution in [0.1, 0.15) is 29.5 Å². The predicted octanol–water partition coefficient (Wildman–Crippen LogP) is 0.00430. The number of primary amides is 1. The average Bonchev–Trinajstić information content (AvgIpc) is 2.96. The third kappa shape index (κ3) is 4.39. The van der Waals surface area contributed by atoms with Crippen molar-refractivity contribution in [2.75, 3.05) is 19.4 Å². The summed E-state index contributed by atoms with van der Waals surface area (Å²) in [6.45, 7) is 1.62. The summed E-state index contributed by atoms with van der Waals surface area (Å²) in [4.78, 5) is 53.7. The average molecular weight is 607 g/mol. The van der Waals surface area contributed by atoms with Crippen LogP contribution < -0.4 is 16.8 Å². The summed E-state index contributed by atoms with van der Waals surface area (Å²) < 4.78 is 0. The number of amides is 2. The summed E-state index contributed by atoms with van der Waals surface area (Å²) in [6.07, 6.45) is -1.50. The van der Waals surface area contributed by atoms with Crippen molar-refractivity contribution >= 4 is 34.8 Å². The molecule has 0 saturated heterocycles. The van der Waals surface area contributed by atoms with E-state index in [1.165, 1.54) is 31.1 Å². The van der Waals surface area contributed by atoms with E-state index in [1.807, 2.05) is 18.2 Å². The van der Waals surface area contributed by atoms with Crippen molar-refractivity contribution in [2.24, 2.45) is 23.3 Å². The maximum absolute atomic E-state index is 14.1. The third-order valence-electron chi connectivity index (χ3n) is 9.02. The Balaban J connectivity index is 1.60. The molecular weight excluding hydrogens is 572 g/mol. The number of carbonyl (C=O) groups excluding carboxylic acids is 4. The van der Waals surface area contributed by atoms with E-state index in [2.05, 4.69) is 5.32 Å². The first-order chi connectivity index (χ1) is 20.6. The van der Waals surface area contributed by atoms with Gasteiger partial charge in [-0.2, -0.15) is 0 Å². The predicted molar refractivity (Wildman–Crippen MR) is 157 cm³/mol. The molecule has 2 aromatic rings. The number of ketones is 2. The highest BCUT2D eigenvalue weighted by Crippen LogP contribution is 2.56. The Morgan fingerprint density at radius 1 is 1.07 bits per heavy atom. The van der Waals surface area contributed by atoms with Gasteiger partial charge in [0.05, 0.1) is 35.4 Å². The third-order valence-corrected chi connectivity index (χ3v) is 9.02. The van der Waals surface area contributed by atoms with Crippen LogP contribution in [0.2, 0.25) is 0 Å². The number of hydrogen-bond acceptors (Lipinski definition) is 11. The standard InChI is InChI=1S/C31H34N4O9/c1-12-14-9-10-16(34-30(43)15(32)11-13-7-5-4-6-8-13)23(36)18(14)24(37)19-17(12)25(38)21-22(35(2)3)26(39)20(29(33)42)28(41)31(21,44)27(19)40/h4-10,12,15,17,21-22,25,36-38,41,44H,11,32H2,1-3H3,(H2,33,42)(H,34,43)/t12-,15-,17?,21?,22-,25-,31-/m0/s1. The first-order valence-electron chi connectivity index (χ1n) is 13.9. The minimum absolute atomic E-state index is 0.120. The molecule has 13 nitrogen and oxygen atoms in total. The monoisotopic (exact) mass is 606 g/mol. The first-order valence-corrected chi connectivity index (χ1v) is 13.9. The highest BCUT2D eigenvalue weighted by atomic mass is 16.4. The summed E-state index contributed by atoms with van der Waals surface area (Å²) in [5.41, 5.74) is 7.63. The van der Waals surface area contributed by atoms with Crippen molar-refractivity contribution < 1.29 is 44.7 Å². The second-order valence-corrected chi connectivity index (χ2v) is 11.8. The first kappa shape index (κ1) is 30.9. The fraction of sp³-hybridized carbons (Fsp3) is 0.355. The smallest absolute Gasteiger partial charge is 0.255 e. The molecule has 0 radical (unpaired) electrons. The van der Waals surface area contributed by atoms with Gasteiger partial charge in [-0.05, 0) is 43.6 Å². The van der Waals surface area contributed by atoms with Crippen molar-refractivity contribution in [1.82, 2.24) is 4.90 Å². The van der Waals surface area contributed by atoms with Crippen molar-refractivity contribution in [1.29, 1.82) is 0 Å². The molecule has 2 unspecified atom stereocenters. The Bertz CT molecular complexity index is 1650. The van der Waals surface area contributed by atoms with E-state index >= 15 is 0 Å². The van der Waals surface area contributed by atoms with Gasteiger partial charge in [0, 0.05) is 11.5 Å². The van der Waals surface area contributed by atoms with Crippen molar-refractivity contribution in [2.45, 2.75) is 43.1 Å². The van der Waals surface area contributed by atoms with Crippen LogP contribution in [0.3, 0.4) is 0 Å². The highest BCUT2D eigenvalue weighted by Gasteiger charge is 2.68. The number of benzene rings is 2. The van der Waals surface area contributed by atoms with Gasteiger partial charge in [-0.25, -0.2) is 0 Å². The molecule has 1 fully saturated rings. The van der Waals surface area contributed by atoms with Gasteiger partial charge < -0.3 is 42.3 Å². The van der Waals surface area contributed by atoms with E-state index in [0.717, 1.165) is 5.56 Å². The minimum Gasteiger partial charge on any atom is -0.508 e. The van der Waals surface area contributed by atoms with Crippen molar-refractivity contribution in [3.05, 3.63) is 76.1 Å². The number of phenols is 1.